The molecule has 0 aliphatic carbocycles. The summed E-state index contributed by atoms with van der Waals surface area (Å²) in [6.07, 6.45) is 2.67. The lowest BCUT2D eigenvalue weighted by Gasteiger charge is -2.34. The lowest BCUT2D eigenvalue weighted by Crippen LogP contribution is -2.38. The minimum atomic E-state index is -0.566. The molecule has 0 saturated heterocycles. The number of anilines is 1. The molecular weight excluding hydrogens is 446 g/mol. The Kier molecular flexibility index (Phi) is 6.45. The number of benzene rings is 2. The molecule has 1 aromatic heterocycles. The standard InChI is InChI=1S/C28H32F2N4O/c1-17(2)33-9-8-22-19(6-5-7-20(22)16-33)14-26-31-15-24(30)27(32-26)21-12-23(29)28-25(13-21)34(18(3)4)10-11-35-28/h5-7,12-13,15,17-18H,8-11,14,16H2,1-4H3. The molecular formula is C28H32F2N4O. The van der Waals surface area contributed by atoms with Crippen molar-refractivity contribution in [2.75, 3.05) is 24.6 Å². The van der Waals surface area contributed by atoms with Crippen molar-refractivity contribution < 1.29 is 13.5 Å². The molecule has 7 heteroatoms. The summed E-state index contributed by atoms with van der Waals surface area (Å²) in [5, 5.41) is 0. The van der Waals surface area contributed by atoms with Gasteiger partial charge in [0.2, 0.25) is 0 Å². The van der Waals surface area contributed by atoms with Crippen LogP contribution in [0.15, 0.2) is 36.5 Å². The van der Waals surface area contributed by atoms with Crippen LogP contribution in [0, 0.1) is 11.6 Å². The van der Waals surface area contributed by atoms with Crippen LogP contribution in [0.2, 0.25) is 0 Å². The second kappa shape index (κ2) is 9.53. The molecule has 35 heavy (non-hydrogen) atoms. The van der Waals surface area contributed by atoms with Crippen LogP contribution in [0.4, 0.5) is 14.5 Å². The first kappa shape index (κ1) is 23.7. The smallest absolute Gasteiger partial charge is 0.178 e. The zero-order valence-electron chi connectivity index (χ0n) is 20.8. The van der Waals surface area contributed by atoms with Gasteiger partial charge in [-0.2, -0.15) is 0 Å². The molecule has 0 amide bonds. The van der Waals surface area contributed by atoms with Gasteiger partial charge in [-0.05, 0) is 62.9 Å². The predicted octanol–water partition coefficient (Wildman–Crippen LogP) is 5.39. The maximum absolute atomic E-state index is 15.0. The first-order chi connectivity index (χ1) is 16.8. The first-order valence-electron chi connectivity index (χ1n) is 12.4. The van der Waals surface area contributed by atoms with Gasteiger partial charge in [0, 0.05) is 37.2 Å². The minimum Gasteiger partial charge on any atom is -0.486 e. The fraction of sp³-hybridized carbons (Fsp3) is 0.429. The Morgan fingerprint density at radius 1 is 1.03 bits per heavy atom. The summed E-state index contributed by atoms with van der Waals surface area (Å²) < 4.78 is 35.5. The second-order valence-corrected chi connectivity index (χ2v) is 9.97. The number of hydrogen-bond donors (Lipinski definition) is 0. The molecule has 0 atom stereocenters. The summed E-state index contributed by atoms with van der Waals surface area (Å²) in [4.78, 5) is 13.4. The van der Waals surface area contributed by atoms with Crippen molar-refractivity contribution in [2.24, 2.45) is 0 Å². The van der Waals surface area contributed by atoms with Crippen molar-refractivity contribution in [3.05, 3.63) is 70.7 Å². The highest BCUT2D eigenvalue weighted by Gasteiger charge is 2.26. The SMILES string of the molecule is CC(C)N1CCc2c(Cc3ncc(F)c(-c4cc(F)c5c(c4)N(C(C)C)CCO5)n3)cccc2C1. The van der Waals surface area contributed by atoms with Crippen LogP contribution < -0.4 is 9.64 Å². The molecule has 0 unspecified atom stereocenters. The van der Waals surface area contributed by atoms with Crippen molar-refractivity contribution in [3.63, 3.8) is 0 Å². The molecule has 2 aliphatic heterocycles. The van der Waals surface area contributed by atoms with Crippen molar-refractivity contribution in [1.29, 1.82) is 0 Å². The van der Waals surface area contributed by atoms with E-state index in [0.29, 0.717) is 42.7 Å². The summed E-state index contributed by atoms with van der Waals surface area (Å²) >= 11 is 0. The van der Waals surface area contributed by atoms with Gasteiger partial charge in [0.15, 0.2) is 17.4 Å². The number of nitrogens with zero attached hydrogens (tertiary/aromatic N) is 4. The zero-order valence-corrected chi connectivity index (χ0v) is 20.8. The van der Waals surface area contributed by atoms with Gasteiger partial charge in [0.05, 0.1) is 18.4 Å². The Balaban J connectivity index is 1.48. The van der Waals surface area contributed by atoms with Gasteiger partial charge < -0.3 is 9.64 Å². The Hall–Kier alpha value is -3.06. The van der Waals surface area contributed by atoms with Crippen LogP contribution in [-0.2, 0) is 19.4 Å². The number of aromatic nitrogens is 2. The van der Waals surface area contributed by atoms with Crippen LogP contribution in [0.3, 0.4) is 0 Å². The third-order valence-corrected chi connectivity index (χ3v) is 7.07. The van der Waals surface area contributed by atoms with Gasteiger partial charge in [-0.25, -0.2) is 18.7 Å². The minimum absolute atomic E-state index is 0.113. The van der Waals surface area contributed by atoms with E-state index in [2.05, 4.69) is 51.8 Å². The summed E-state index contributed by atoms with van der Waals surface area (Å²) in [5.41, 5.74) is 4.97. The van der Waals surface area contributed by atoms with E-state index in [-0.39, 0.29) is 17.5 Å². The molecule has 0 N–H and O–H groups in total. The van der Waals surface area contributed by atoms with E-state index < -0.39 is 11.6 Å². The topological polar surface area (TPSA) is 41.5 Å². The van der Waals surface area contributed by atoms with Crippen molar-refractivity contribution >= 4 is 5.69 Å². The molecule has 0 spiro atoms. The summed E-state index contributed by atoms with van der Waals surface area (Å²) in [6.45, 7) is 11.5. The highest BCUT2D eigenvalue weighted by Crippen LogP contribution is 2.39. The molecule has 184 valence electrons. The Morgan fingerprint density at radius 2 is 1.86 bits per heavy atom. The van der Waals surface area contributed by atoms with Gasteiger partial charge in [-0.1, -0.05) is 18.2 Å². The quantitative estimate of drug-likeness (QED) is 0.492. The molecule has 3 heterocycles. The first-order valence-corrected chi connectivity index (χ1v) is 12.4. The van der Waals surface area contributed by atoms with E-state index in [9.17, 15) is 8.78 Å². The number of rotatable bonds is 5. The molecule has 0 bridgehead atoms. The third kappa shape index (κ3) is 4.61. The number of halogens is 2. The Bertz CT molecular complexity index is 1240. The normalized spacial score (nSPS) is 15.8. The molecule has 2 aliphatic rings. The summed E-state index contributed by atoms with van der Waals surface area (Å²) in [5.74, 6) is -0.330. The maximum atomic E-state index is 15.0. The van der Waals surface area contributed by atoms with E-state index >= 15 is 0 Å². The molecule has 0 radical (unpaired) electrons. The van der Waals surface area contributed by atoms with Crippen LogP contribution in [0.1, 0.15) is 50.2 Å². The fourth-order valence-electron chi connectivity index (χ4n) is 5.15. The number of fused-ring (bicyclic) bond motifs is 2. The van der Waals surface area contributed by atoms with Crippen molar-refractivity contribution in [3.8, 4) is 17.0 Å². The largest absolute Gasteiger partial charge is 0.486 e. The summed E-state index contributed by atoms with van der Waals surface area (Å²) in [7, 11) is 0. The lowest BCUT2D eigenvalue weighted by molar-refractivity contribution is 0.203. The summed E-state index contributed by atoms with van der Waals surface area (Å²) in [6, 6.07) is 10.1. The third-order valence-electron chi connectivity index (χ3n) is 7.07. The number of ether oxygens (including phenoxy) is 1. The average Bonchev–Trinajstić information content (AvgIpc) is 2.84. The predicted molar refractivity (Wildman–Crippen MR) is 134 cm³/mol. The van der Waals surface area contributed by atoms with E-state index in [0.717, 1.165) is 19.5 Å². The molecule has 5 nitrogen and oxygen atoms in total. The van der Waals surface area contributed by atoms with Crippen LogP contribution in [0.25, 0.3) is 11.3 Å². The molecule has 3 aromatic rings. The Morgan fingerprint density at radius 3 is 2.63 bits per heavy atom. The van der Waals surface area contributed by atoms with Gasteiger partial charge in [-0.15, -0.1) is 0 Å². The van der Waals surface area contributed by atoms with Crippen molar-refractivity contribution in [2.45, 2.75) is 59.2 Å². The van der Waals surface area contributed by atoms with Crippen LogP contribution in [0.5, 0.6) is 5.75 Å². The van der Waals surface area contributed by atoms with E-state index in [4.69, 9.17) is 4.74 Å². The highest BCUT2D eigenvalue weighted by atomic mass is 19.1. The molecule has 2 aromatic carbocycles. The second-order valence-electron chi connectivity index (χ2n) is 9.97. The average molecular weight is 479 g/mol. The lowest BCUT2D eigenvalue weighted by atomic mass is 9.92. The zero-order chi connectivity index (χ0) is 24.7. The van der Waals surface area contributed by atoms with Gasteiger partial charge in [0.25, 0.3) is 0 Å². The van der Waals surface area contributed by atoms with Gasteiger partial charge in [0.1, 0.15) is 18.1 Å². The monoisotopic (exact) mass is 478 g/mol. The van der Waals surface area contributed by atoms with Gasteiger partial charge in [-0.3, -0.25) is 4.90 Å². The van der Waals surface area contributed by atoms with E-state index in [1.54, 1.807) is 6.07 Å². The maximum Gasteiger partial charge on any atom is 0.178 e. The molecule has 0 saturated carbocycles. The van der Waals surface area contributed by atoms with Crippen LogP contribution in [-0.4, -0.2) is 46.6 Å². The van der Waals surface area contributed by atoms with Crippen molar-refractivity contribution in [1.82, 2.24) is 14.9 Å². The van der Waals surface area contributed by atoms with E-state index in [1.807, 2.05) is 13.8 Å². The fourth-order valence-corrected chi connectivity index (χ4v) is 5.15. The number of hydrogen-bond acceptors (Lipinski definition) is 5. The van der Waals surface area contributed by atoms with Gasteiger partial charge >= 0.3 is 0 Å². The highest BCUT2D eigenvalue weighted by molar-refractivity contribution is 5.72. The molecule has 0 fully saturated rings. The molecule has 5 rings (SSSR count). The van der Waals surface area contributed by atoms with Crippen LogP contribution >= 0.6 is 0 Å². The Labute approximate surface area is 205 Å². The van der Waals surface area contributed by atoms with E-state index in [1.165, 1.54) is 29.0 Å².